The SMILES string of the molecule is C=CC[C@H](CC(C)C)C(=O)OCc1ccccc1. The lowest BCUT2D eigenvalue weighted by molar-refractivity contribution is -0.150. The van der Waals surface area contributed by atoms with E-state index in [0.29, 0.717) is 18.9 Å². The van der Waals surface area contributed by atoms with Crippen molar-refractivity contribution in [2.45, 2.75) is 33.3 Å². The zero-order valence-corrected chi connectivity index (χ0v) is 11.3. The normalized spacial score (nSPS) is 12.2. The number of benzene rings is 1. The van der Waals surface area contributed by atoms with E-state index < -0.39 is 0 Å². The summed E-state index contributed by atoms with van der Waals surface area (Å²) in [7, 11) is 0. The molecule has 0 fully saturated rings. The molecule has 0 heterocycles. The molecule has 0 amide bonds. The van der Waals surface area contributed by atoms with E-state index in [1.807, 2.05) is 30.3 Å². The van der Waals surface area contributed by atoms with Gasteiger partial charge in [-0.05, 0) is 24.3 Å². The molecule has 0 bridgehead atoms. The molecule has 1 aromatic rings. The largest absolute Gasteiger partial charge is 0.461 e. The highest BCUT2D eigenvalue weighted by molar-refractivity contribution is 5.72. The Morgan fingerprint density at radius 3 is 2.56 bits per heavy atom. The molecule has 1 aromatic carbocycles. The summed E-state index contributed by atoms with van der Waals surface area (Å²) in [5, 5.41) is 0. The number of esters is 1. The van der Waals surface area contributed by atoms with Gasteiger partial charge in [0, 0.05) is 0 Å². The van der Waals surface area contributed by atoms with Crippen molar-refractivity contribution in [3.05, 3.63) is 48.6 Å². The Kier molecular flexibility index (Phi) is 6.20. The molecule has 2 nitrogen and oxygen atoms in total. The molecule has 2 heteroatoms. The van der Waals surface area contributed by atoms with Gasteiger partial charge in [-0.3, -0.25) is 4.79 Å². The first kappa shape index (κ1) is 14.5. The zero-order chi connectivity index (χ0) is 13.4. The second kappa shape index (κ2) is 7.70. The number of hydrogen-bond acceptors (Lipinski definition) is 2. The maximum absolute atomic E-state index is 12.0. The van der Waals surface area contributed by atoms with Crippen molar-refractivity contribution in [2.75, 3.05) is 0 Å². The van der Waals surface area contributed by atoms with E-state index in [9.17, 15) is 4.79 Å². The van der Waals surface area contributed by atoms with E-state index in [1.54, 1.807) is 6.08 Å². The molecular weight excluding hydrogens is 224 g/mol. The number of rotatable bonds is 7. The van der Waals surface area contributed by atoms with Crippen LogP contribution in [-0.4, -0.2) is 5.97 Å². The molecule has 98 valence electrons. The fraction of sp³-hybridized carbons (Fsp3) is 0.438. The summed E-state index contributed by atoms with van der Waals surface area (Å²) < 4.78 is 5.36. The van der Waals surface area contributed by atoms with E-state index >= 15 is 0 Å². The van der Waals surface area contributed by atoms with Crippen molar-refractivity contribution in [1.29, 1.82) is 0 Å². The summed E-state index contributed by atoms with van der Waals surface area (Å²) in [6.07, 6.45) is 3.32. The third-order valence-corrected chi connectivity index (χ3v) is 2.76. The Labute approximate surface area is 110 Å². The van der Waals surface area contributed by atoms with E-state index in [-0.39, 0.29) is 11.9 Å². The Morgan fingerprint density at radius 2 is 2.00 bits per heavy atom. The van der Waals surface area contributed by atoms with E-state index in [4.69, 9.17) is 4.74 Å². The minimum Gasteiger partial charge on any atom is -0.461 e. The van der Waals surface area contributed by atoms with Gasteiger partial charge < -0.3 is 4.74 Å². The molecule has 1 atom stereocenters. The summed E-state index contributed by atoms with van der Waals surface area (Å²) >= 11 is 0. The standard InChI is InChI=1S/C16H22O2/c1-4-8-15(11-13(2)3)16(17)18-12-14-9-6-5-7-10-14/h4-7,9-10,13,15H,1,8,11-12H2,2-3H3/t15-/m1/s1. The van der Waals surface area contributed by atoms with Crippen molar-refractivity contribution < 1.29 is 9.53 Å². The van der Waals surface area contributed by atoms with Gasteiger partial charge in [0.15, 0.2) is 0 Å². The molecule has 18 heavy (non-hydrogen) atoms. The van der Waals surface area contributed by atoms with Gasteiger partial charge in [-0.1, -0.05) is 50.3 Å². The number of hydrogen-bond donors (Lipinski definition) is 0. The molecule has 0 saturated carbocycles. The molecule has 0 aliphatic heterocycles. The zero-order valence-electron chi connectivity index (χ0n) is 11.3. The third kappa shape index (κ3) is 5.17. The minimum atomic E-state index is -0.118. The second-order valence-corrected chi connectivity index (χ2v) is 4.94. The topological polar surface area (TPSA) is 26.3 Å². The van der Waals surface area contributed by atoms with Crippen molar-refractivity contribution in [3.8, 4) is 0 Å². The van der Waals surface area contributed by atoms with Gasteiger partial charge in [0.2, 0.25) is 0 Å². The lowest BCUT2D eigenvalue weighted by Crippen LogP contribution is -2.19. The van der Waals surface area contributed by atoms with Crippen LogP contribution in [0, 0.1) is 11.8 Å². The van der Waals surface area contributed by atoms with E-state index in [0.717, 1.165) is 12.0 Å². The third-order valence-electron chi connectivity index (χ3n) is 2.76. The maximum atomic E-state index is 12.0. The molecule has 0 saturated heterocycles. The first-order chi connectivity index (χ1) is 8.63. The summed E-state index contributed by atoms with van der Waals surface area (Å²) in [6, 6.07) is 9.75. The average Bonchev–Trinajstić information content (AvgIpc) is 2.36. The van der Waals surface area contributed by atoms with E-state index in [1.165, 1.54) is 0 Å². The van der Waals surface area contributed by atoms with E-state index in [2.05, 4.69) is 20.4 Å². The molecule has 0 unspecified atom stereocenters. The molecule has 0 aromatic heterocycles. The fourth-order valence-electron chi connectivity index (χ4n) is 1.91. The Bertz CT molecular complexity index is 368. The van der Waals surface area contributed by atoms with Gasteiger partial charge in [-0.15, -0.1) is 6.58 Å². The quantitative estimate of drug-likeness (QED) is 0.537. The fourth-order valence-corrected chi connectivity index (χ4v) is 1.91. The van der Waals surface area contributed by atoms with Gasteiger partial charge in [0.25, 0.3) is 0 Å². The number of ether oxygens (including phenoxy) is 1. The van der Waals surface area contributed by atoms with Crippen LogP contribution in [0.25, 0.3) is 0 Å². The molecule has 0 spiro atoms. The van der Waals surface area contributed by atoms with Gasteiger partial charge in [-0.2, -0.15) is 0 Å². The second-order valence-electron chi connectivity index (χ2n) is 4.94. The average molecular weight is 246 g/mol. The minimum absolute atomic E-state index is 0.0637. The highest BCUT2D eigenvalue weighted by Gasteiger charge is 2.19. The molecule has 0 aliphatic carbocycles. The number of carbonyl (C=O) groups is 1. The van der Waals surface area contributed by atoms with Crippen molar-refractivity contribution in [1.82, 2.24) is 0 Å². The van der Waals surface area contributed by atoms with Gasteiger partial charge in [-0.25, -0.2) is 0 Å². The van der Waals surface area contributed by atoms with Crippen LogP contribution in [0.4, 0.5) is 0 Å². The summed E-state index contributed by atoms with van der Waals surface area (Å²) in [5.74, 6) is 0.304. The Morgan fingerprint density at radius 1 is 1.33 bits per heavy atom. The van der Waals surface area contributed by atoms with Gasteiger partial charge in [0.05, 0.1) is 5.92 Å². The Hall–Kier alpha value is -1.57. The highest BCUT2D eigenvalue weighted by Crippen LogP contribution is 2.18. The molecule has 0 N–H and O–H groups in total. The first-order valence-corrected chi connectivity index (χ1v) is 6.45. The smallest absolute Gasteiger partial charge is 0.309 e. The molecular formula is C16H22O2. The lowest BCUT2D eigenvalue weighted by atomic mass is 9.94. The number of carbonyl (C=O) groups excluding carboxylic acids is 1. The van der Waals surface area contributed by atoms with Crippen molar-refractivity contribution in [2.24, 2.45) is 11.8 Å². The van der Waals surface area contributed by atoms with Gasteiger partial charge in [0.1, 0.15) is 6.61 Å². The first-order valence-electron chi connectivity index (χ1n) is 6.45. The highest BCUT2D eigenvalue weighted by atomic mass is 16.5. The Balaban J connectivity index is 2.48. The molecule has 0 aliphatic rings. The van der Waals surface area contributed by atoms with Crippen LogP contribution in [0.5, 0.6) is 0 Å². The van der Waals surface area contributed by atoms with Crippen LogP contribution in [0.2, 0.25) is 0 Å². The predicted octanol–water partition coefficient (Wildman–Crippen LogP) is 3.97. The van der Waals surface area contributed by atoms with Crippen LogP contribution in [0.3, 0.4) is 0 Å². The lowest BCUT2D eigenvalue weighted by Gasteiger charge is -2.16. The van der Waals surface area contributed by atoms with Crippen LogP contribution in [-0.2, 0) is 16.1 Å². The van der Waals surface area contributed by atoms with Crippen LogP contribution >= 0.6 is 0 Å². The summed E-state index contributed by atoms with van der Waals surface area (Å²) in [6.45, 7) is 8.28. The van der Waals surface area contributed by atoms with Crippen LogP contribution in [0.15, 0.2) is 43.0 Å². The molecule has 1 rings (SSSR count). The number of allylic oxidation sites excluding steroid dienone is 1. The van der Waals surface area contributed by atoms with Crippen LogP contribution in [0.1, 0.15) is 32.3 Å². The predicted molar refractivity (Wildman–Crippen MR) is 74.0 cm³/mol. The summed E-state index contributed by atoms with van der Waals surface area (Å²) in [5.41, 5.74) is 1.02. The van der Waals surface area contributed by atoms with Gasteiger partial charge >= 0.3 is 5.97 Å². The summed E-state index contributed by atoms with van der Waals surface area (Å²) in [4.78, 5) is 12.0. The van der Waals surface area contributed by atoms with Crippen molar-refractivity contribution in [3.63, 3.8) is 0 Å². The molecule has 0 radical (unpaired) electrons. The maximum Gasteiger partial charge on any atom is 0.309 e. The van der Waals surface area contributed by atoms with Crippen molar-refractivity contribution >= 4 is 5.97 Å². The monoisotopic (exact) mass is 246 g/mol. The van der Waals surface area contributed by atoms with Crippen LogP contribution < -0.4 is 0 Å².